The molecule has 4 nitrogen and oxygen atoms in total. The number of nitrogens with one attached hydrogen (secondary N) is 1. The summed E-state index contributed by atoms with van der Waals surface area (Å²) in [5.74, 6) is -0.254. The van der Waals surface area contributed by atoms with E-state index >= 15 is 0 Å². The summed E-state index contributed by atoms with van der Waals surface area (Å²) >= 11 is 4.86. The quantitative estimate of drug-likeness (QED) is 0.426. The Hall–Kier alpha value is -2.96. The van der Waals surface area contributed by atoms with E-state index in [1.807, 2.05) is 70.6 Å². The van der Waals surface area contributed by atoms with Gasteiger partial charge in [0.25, 0.3) is 5.91 Å². The van der Waals surface area contributed by atoms with Crippen LogP contribution in [0.3, 0.4) is 0 Å². The fourth-order valence-electron chi connectivity index (χ4n) is 2.82. The number of hydrogen-bond donors (Lipinski definition) is 1. The first kappa shape index (κ1) is 18.4. The second kappa shape index (κ2) is 8.37. The number of hydrogen-bond acceptors (Lipinski definition) is 3. The van der Waals surface area contributed by atoms with Gasteiger partial charge < -0.3 is 0 Å². The van der Waals surface area contributed by atoms with Crippen molar-refractivity contribution in [3.63, 3.8) is 0 Å². The number of halogens is 1. The predicted octanol–water partition coefficient (Wildman–Crippen LogP) is 5.21. The molecule has 0 spiro atoms. The average Bonchev–Trinajstić information content (AvgIpc) is 3.17. The molecule has 4 rings (SSSR count). The lowest BCUT2D eigenvalue weighted by Crippen LogP contribution is -2.24. The maximum absolute atomic E-state index is 12.5. The van der Waals surface area contributed by atoms with Gasteiger partial charge in [0.15, 0.2) is 0 Å². The van der Waals surface area contributed by atoms with Gasteiger partial charge in [-0.2, -0.15) is 0 Å². The van der Waals surface area contributed by atoms with E-state index in [1.54, 1.807) is 12.1 Å². The topological polar surface area (TPSA) is 46.4 Å². The average molecular weight is 450 g/mol. The highest BCUT2D eigenvalue weighted by Crippen LogP contribution is 2.23. The number of aromatic nitrogens is 1. The molecule has 0 atom stereocenters. The van der Waals surface area contributed by atoms with Crippen LogP contribution in [0, 0.1) is 0 Å². The molecule has 0 unspecified atom stereocenters. The van der Waals surface area contributed by atoms with Crippen molar-refractivity contribution in [1.82, 2.24) is 9.99 Å². The highest BCUT2D eigenvalue weighted by molar-refractivity contribution is 9.10. The summed E-state index contributed by atoms with van der Waals surface area (Å²) in [5, 5.41) is 6.45. The number of nitrogens with zero attached hydrogens (tertiary/aromatic N) is 2. The highest BCUT2D eigenvalue weighted by atomic mass is 79.9. The Labute approximate surface area is 174 Å². The first-order valence-electron chi connectivity index (χ1n) is 8.63. The van der Waals surface area contributed by atoms with Crippen molar-refractivity contribution >= 4 is 33.2 Å². The molecule has 0 radical (unpaired) electrons. The standard InChI is InChI=1S/C22H16BrN3OS/c23-18-11-7-10-17(14-18)21(27)24-25-22-26(19-12-5-2-6-13-19)20(15-28-22)16-8-3-1-4-9-16/h1-15H,(H,24,27)/b25-22+. The third kappa shape index (κ3) is 3.98. The van der Waals surface area contributed by atoms with Crippen molar-refractivity contribution < 1.29 is 4.79 Å². The molecule has 3 aromatic carbocycles. The van der Waals surface area contributed by atoms with Crippen LogP contribution >= 0.6 is 27.3 Å². The maximum atomic E-state index is 12.5. The number of carbonyl (C=O) groups is 1. The monoisotopic (exact) mass is 449 g/mol. The Morgan fingerprint density at radius 3 is 2.36 bits per heavy atom. The molecule has 1 N–H and O–H groups in total. The zero-order valence-corrected chi connectivity index (χ0v) is 17.2. The van der Waals surface area contributed by atoms with E-state index in [-0.39, 0.29) is 5.91 Å². The Balaban J connectivity index is 1.76. The maximum Gasteiger partial charge on any atom is 0.271 e. The fourth-order valence-corrected chi connectivity index (χ4v) is 4.08. The molecular formula is C22H16BrN3OS. The van der Waals surface area contributed by atoms with E-state index in [0.717, 1.165) is 21.4 Å². The fraction of sp³-hybridized carbons (Fsp3) is 0. The van der Waals surface area contributed by atoms with Crippen LogP contribution in [0.25, 0.3) is 16.9 Å². The van der Waals surface area contributed by atoms with Crippen LogP contribution in [0.2, 0.25) is 0 Å². The van der Waals surface area contributed by atoms with E-state index in [1.165, 1.54) is 11.3 Å². The number of benzene rings is 3. The van der Waals surface area contributed by atoms with Crippen molar-refractivity contribution in [2.75, 3.05) is 0 Å². The van der Waals surface area contributed by atoms with Crippen LogP contribution in [-0.4, -0.2) is 10.5 Å². The third-order valence-electron chi connectivity index (χ3n) is 4.13. The minimum Gasteiger partial charge on any atom is -0.284 e. The number of carbonyl (C=O) groups excluding carboxylic acids is 1. The Bertz CT molecular complexity index is 1170. The molecule has 0 saturated heterocycles. The molecule has 28 heavy (non-hydrogen) atoms. The summed E-state index contributed by atoms with van der Waals surface area (Å²) in [7, 11) is 0. The molecule has 0 bridgehead atoms. The summed E-state index contributed by atoms with van der Waals surface area (Å²) in [6.07, 6.45) is 0. The molecule has 138 valence electrons. The van der Waals surface area contributed by atoms with Gasteiger partial charge in [0.1, 0.15) is 0 Å². The van der Waals surface area contributed by atoms with Crippen LogP contribution in [0.15, 0.2) is 99.9 Å². The van der Waals surface area contributed by atoms with Gasteiger partial charge in [0.05, 0.1) is 5.69 Å². The van der Waals surface area contributed by atoms with Crippen molar-refractivity contribution in [3.8, 4) is 16.9 Å². The Morgan fingerprint density at radius 2 is 1.64 bits per heavy atom. The summed E-state index contributed by atoms with van der Waals surface area (Å²) in [6.45, 7) is 0. The van der Waals surface area contributed by atoms with Crippen LogP contribution in [0.5, 0.6) is 0 Å². The Kier molecular flexibility index (Phi) is 5.50. The van der Waals surface area contributed by atoms with E-state index in [2.05, 4.69) is 38.6 Å². The number of rotatable bonds is 4. The van der Waals surface area contributed by atoms with Gasteiger partial charge in [-0.3, -0.25) is 9.36 Å². The first-order chi connectivity index (χ1) is 13.7. The minimum atomic E-state index is -0.254. The van der Waals surface area contributed by atoms with Gasteiger partial charge in [0, 0.05) is 21.1 Å². The second-order valence-electron chi connectivity index (χ2n) is 6.00. The largest absolute Gasteiger partial charge is 0.284 e. The Morgan fingerprint density at radius 1 is 0.929 bits per heavy atom. The molecule has 0 fully saturated rings. The molecule has 0 aliphatic rings. The number of para-hydroxylation sites is 1. The molecule has 0 aliphatic heterocycles. The van der Waals surface area contributed by atoms with Gasteiger partial charge in [-0.25, -0.2) is 5.43 Å². The molecule has 1 heterocycles. The third-order valence-corrected chi connectivity index (χ3v) is 5.45. The summed E-state index contributed by atoms with van der Waals surface area (Å²) < 4.78 is 2.89. The van der Waals surface area contributed by atoms with Crippen LogP contribution in [0.4, 0.5) is 0 Å². The van der Waals surface area contributed by atoms with Crippen molar-refractivity contribution in [2.24, 2.45) is 5.10 Å². The molecule has 0 saturated carbocycles. The highest BCUT2D eigenvalue weighted by Gasteiger charge is 2.11. The van der Waals surface area contributed by atoms with Crippen LogP contribution < -0.4 is 10.2 Å². The molecule has 1 amide bonds. The lowest BCUT2D eigenvalue weighted by atomic mass is 10.1. The molecule has 4 aromatic rings. The first-order valence-corrected chi connectivity index (χ1v) is 10.3. The summed E-state index contributed by atoms with van der Waals surface area (Å²) in [6, 6.07) is 27.3. The molecule has 6 heteroatoms. The zero-order valence-electron chi connectivity index (χ0n) is 14.7. The molecular weight excluding hydrogens is 434 g/mol. The van der Waals surface area contributed by atoms with Gasteiger partial charge in [-0.05, 0) is 35.9 Å². The van der Waals surface area contributed by atoms with Gasteiger partial charge >= 0.3 is 0 Å². The normalized spacial score (nSPS) is 11.4. The SMILES string of the molecule is O=C(N/N=c1/scc(-c2ccccc2)n1-c1ccccc1)c1cccc(Br)c1. The minimum absolute atomic E-state index is 0.254. The summed E-state index contributed by atoms with van der Waals surface area (Å²) in [4.78, 5) is 13.2. The molecule has 0 aliphatic carbocycles. The second-order valence-corrected chi connectivity index (χ2v) is 7.76. The predicted molar refractivity (Wildman–Crippen MR) is 116 cm³/mol. The molecule has 1 aromatic heterocycles. The van der Waals surface area contributed by atoms with Gasteiger partial charge in [0.2, 0.25) is 4.80 Å². The number of thiazole rings is 1. The van der Waals surface area contributed by atoms with E-state index < -0.39 is 0 Å². The van der Waals surface area contributed by atoms with Crippen molar-refractivity contribution in [3.05, 3.63) is 105 Å². The van der Waals surface area contributed by atoms with Gasteiger partial charge in [-0.15, -0.1) is 16.4 Å². The van der Waals surface area contributed by atoms with E-state index in [4.69, 9.17) is 0 Å². The lowest BCUT2D eigenvalue weighted by molar-refractivity contribution is 0.0953. The van der Waals surface area contributed by atoms with Crippen molar-refractivity contribution in [2.45, 2.75) is 0 Å². The van der Waals surface area contributed by atoms with E-state index in [0.29, 0.717) is 10.4 Å². The van der Waals surface area contributed by atoms with Crippen LogP contribution in [0.1, 0.15) is 10.4 Å². The number of amides is 1. The van der Waals surface area contributed by atoms with Crippen molar-refractivity contribution in [1.29, 1.82) is 0 Å². The van der Waals surface area contributed by atoms with Gasteiger partial charge in [-0.1, -0.05) is 70.5 Å². The van der Waals surface area contributed by atoms with E-state index in [9.17, 15) is 4.79 Å². The smallest absolute Gasteiger partial charge is 0.271 e. The zero-order chi connectivity index (χ0) is 19.3. The lowest BCUT2D eigenvalue weighted by Gasteiger charge is -2.09. The summed E-state index contributed by atoms with van der Waals surface area (Å²) in [5.41, 5.74) is 6.31. The van der Waals surface area contributed by atoms with Crippen LogP contribution in [-0.2, 0) is 0 Å².